The Balaban J connectivity index is 1.59. The Morgan fingerprint density at radius 1 is 1.38 bits per heavy atom. The molecule has 0 aliphatic heterocycles. The van der Waals surface area contributed by atoms with Crippen molar-refractivity contribution >= 4 is 16.8 Å². The van der Waals surface area contributed by atoms with E-state index in [1.54, 1.807) is 12.5 Å². The lowest BCUT2D eigenvalue weighted by molar-refractivity contribution is -0.127. The standard InChI is InChI=1S/C18H21N5O/c1-18(2,3)16(24)14-6-11(14)9-23-5-4-13-15(12-7-21-22-8-12)19-10-20-17(13)23/h4-5,7-8,10-11,14H,6,9H2,1-3H3,(H,21,22)/t11-,14?/m0/s1. The van der Waals surface area contributed by atoms with Crippen LogP contribution in [0.15, 0.2) is 31.0 Å². The monoisotopic (exact) mass is 323 g/mol. The van der Waals surface area contributed by atoms with E-state index in [-0.39, 0.29) is 11.3 Å². The summed E-state index contributed by atoms with van der Waals surface area (Å²) in [4.78, 5) is 21.2. The smallest absolute Gasteiger partial charge is 0.143 e. The van der Waals surface area contributed by atoms with Gasteiger partial charge in [0.15, 0.2) is 0 Å². The number of fused-ring (bicyclic) bond motifs is 1. The summed E-state index contributed by atoms with van der Waals surface area (Å²) in [5, 5.41) is 7.83. The van der Waals surface area contributed by atoms with Gasteiger partial charge in [0, 0.05) is 41.2 Å². The fourth-order valence-corrected chi connectivity index (χ4v) is 3.34. The molecule has 2 atom stereocenters. The first-order chi connectivity index (χ1) is 11.4. The van der Waals surface area contributed by atoms with Gasteiger partial charge < -0.3 is 4.57 Å². The second-order valence-corrected chi connectivity index (χ2v) is 7.63. The van der Waals surface area contributed by atoms with E-state index in [1.165, 1.54) is 0 Å². The largest absolute Gasteiger partial charge is 0.332 e. The summed E-state index contributed by atoms with van der Waals surface area (Å²) in [5.74, 6) is 0.981. The zero-order chi connectivity index (χ0) is 16.9. The molecule has 3 heterocycles. The topological polar surface area (TPSA) is 76.5 Å². The summed E-state index contributed by atoms with van der Waals surface area (Å²) in [5.41, 5.74) is 2.49. The van der Waals surface area contributed by atoms with Crippen LogP contribution in [0.5, 0.6) is 0 Å². The number of Topliss-reactive ketones (excluding diaryl/α,β-unsaturated/α-hetero) is 1. The number of hydrogen-bond donors (Lipinski definition) is 1. The van der Waals surface area contributed by atoms with Gasteiger partial charge in [0.05, 0.1) is 11.9 Å². The van der Waals surface area contributed by atoms with Crippen molar-refractivity contribution in [1.29, 1.82) is 0 Å². The molecule has 3 aromatic rings. The van der Waals surface area contributed by atoms with Gasteiger partial charge in [-0.25, -0.2) is 9.97 Å². The molecule has 0 spiro atoms. The molecule has 24 heavy (non-hydrogen) atoms. The summed E-state index contributed by atoms with van der Waals surface area (Å²) in [6.07, 6.45) is 8.21. The van der Waals surface area contributed by atoms with Crippen LogP contribution in [0.2, 0.25) is 0 Å². The molecule has 1 fully saturated rings. The molecular weight excluding hydrogens is 302 g/mol. The second-order valence-electron chi connectivity index (χ2n) is 7.63. The number of hydrogen-bond acceptors (Lipinski definition) is 4. The summed E-state index contributed by atoms with van der Waals surface area (Å²) < 4.78 is 2.14. The quantitative estimate of drug-likeness (QED) is 0.800. The average molecular weight is 323 g/mol. The van der Waals surface area contributed by atoms with Crippen LogP contribution in [0.3, 0.4) is 0 Å². The number of carbonyl (C=O) groups excluding carboxylic acids is 1. The molecule has 4 rings (SSSR count). The lowest BCUT2D eigenvalue weighted by Gasteiger charge is -2.16. The molecule has 0 amide bonds. The van der Waals surface area contributed by atoms with Crippen LogP contribution in [0.1, 0.15) is 27.2 Å². The van der Waals surface area contributed by atoms with Crippen LogP contribution in [-0.4, -0.2) is 30.5 Å². The molecule has 0 radical (unpaired) electrons. The van der Waals surface area contributed by atoms with Crippen molar-refractivity contribution in [2.45, 2.75) is 33.7 Å². The molecule has 1 aliphatic rings. The van der Waals surface area contributed by atoms with Crippen LogP contribution in [-0.2, 0) is 11.3 Å². The molecule has 6 nitrogen and oxygen atoms in total. The number of carbonyl (C=O) groups is 1. The van der Waals surface area contributed by atoms with Gasteiger partial charge in [0.2, 0.25) is 0 Å². The summed E-state index contributed by atoms with van der Waals surface area (Å²) >= 11 is 0. The molecule has 3 aromatic heterocycles. The van der Waals surface area contributed by atoms with E-state index in [2.05, 4.69) is 24.7 Å². The normalized spacial score (nSPS) is 20.5. The lowest BCUT2D eigenvalue weighted by Crippen LogP contribution is -2.23. The number of aromatic amines is 1. The lowest BCUT2D eigenvalue weighted by atomic mass is 9.87. The van der Waals surface area contributed by atoms with E-state index in [0.29, 0.717) is 11.7 Å². The molecule has 6 heteroatoms. The minimum atomic E-state index is -0.255. The number of nitrogens with one attached hydrogen (secondary N) is 1. The highest BCUT2D eigenvalue weighted by molar-refractivity contribution is 5.91. The SMILES string of the molecule is CC(C)(C)C(=O)C1C[C@H]1Cn1ccc2c(-c3cn[nH]c3)ncnc21. The average Bonchev–Trinajstić information content (AvgIpc) is 2.95. The fourth-order valence-electron chi connectivity index (χ4n) is 3.34. The molecule has 1 saturated carbocycles. The van der Waals surface area contributed by atoms with Crippen molar-refractivity contribution in [3.05, 3.63) is 31.0 Å². The third kappa shape index (κ3) is 2.52. The van der Waals surface area contributed by atoms with Crippen molar-refractivity contribution in [3.8, 4) is 11.3 Å². The highest BCUT2D eigenvalue weighted by atomic mass is 16.1. The first-order valence-electron chi connectivity index (χ1n) is 8.28. The number of aromatic nitrogens is 5. The Labute approximate surface area is 140 Å². The zero-order valence-corrected chi connectivity index (χ0v) is 14.2. The Kier molecular flexibility index (Phi) is 3.30. The number of H-pyrrole nitrogens is 1. The number of nitrogens with zero attached hydrogens (tertiary/aromatic N) is 4. The Hall–Kier alpha value is -2.50. The van der Waals surface area contributed by atoms with Gasteiger partial charge in [-0.1, -0.05) is 20.8 Å². The molecule has 1 N–H and O–H groups in total. The fraction of sp³-hybridized carbons (Fsp3) is 0.444. The van der Waals surface area contributed by atoms with E-state index >= 15 is 0 Å². The first-order valence-corrected chi connectivity index (χ1v) is 8.28. The van der Waals surface area contributed by atoms with Crippen molar-refractivity contribution in [2.75, 3.05) is 0 Å². The molecular formula is C18H21N5O. The highest BCUT2D eigenvalue weighted by Gasteiger charge is 2.46. The van der Waals surface area contributed by atoms with Crippen LogP contribution in [0.25, 0.3) is 22.3 Å². The molecule has 1 aliphatic carbocycles. The van der Waals surface area contributed by atoms with Crippen molar-refractivity contribution in [2.24, 2.45) is 17.3 Å². The van der Waals surface area contributed by atoms with Crippen LogP contribution in [0, 0.1) is 17.3 Å². The van der Waals surface area contributed by atoms with E-state index < -0.39 is 0 Å². The molecule has 0 saturated heterocycles. The highest BCUT2D eigenvalue weighted by Crippen LogP contribution is 2.45. The van der Waals surface area contributed by atoms with Crippen LogP contribution >= 0.6 is 0 Å². The molecule has 124 valence electrons. The summed E-state index contributed by atoms with van der Waals surface area (Å²) in [6.45, 7) is 6.83. The third-order valence-electron chi connectivity index (χ3n) is 4.76. The number of rotatable bonds is 4. The van der Waals surface area contributed by atoms with Crippen LogP contribution in [0.4, 0.5) is 0 Å². The van der Waals surface area contributed by atoms with Crippen molar-refractivity contribution in [3.63, 3.8) is 0 Å². The van der Waals surface area contributed by atoms with Gasteiger partial charge in [-0.2, -0.15) is 5.10 Å². The van der Waals surface area contributed by atoms with Gasteiger partial charge in [-0.05, 0) is 18.4 Å². The van der Waals surface area contributed by atoms with Crippen molar-refractivity contribution in [1.82, 2.24) is 24.7 Å². The second kappa shape index (κ2) is 5.26. The van der Waals surface area contributed by atoms with Gasteiger partial charge in [-0.15, -0.1) is 0 Å². The predicted molar refractivity (Wildman–Crippen MR) is 91.2 cm³/mol. The minimum Gasteiger partial charge on any atom is -0.332 e. The Bertz CT molecular complexity index is 888. The van der Waals surface area contributed by atoms with E-state index in [9.17, 15) is 4.79 Å². The zero-order valence-electron chi connectivity index (χ0n) is 14.2. The molecule has 0 bridgehead atoms. The van der Waals surface area contributed by atoms with E-state index in [0.717, 1.165) is 35.3 Å². The summed E-state index contributed by atoms with van der Waals surface area (Å²) in [7, 11) is 0. The molecule has 0 aromatic carbocycles. The van der Waals surface area contributed by atoms with Gasteiger partial charge >= 0.3 is 0 Å². The Morgan fingerprint density at radius 2 is 2.21 bits per heavy atom. The summed E-state index contributed by atoms with van der Waals surface area (Å²) in [6, 6.07) is 2.04. The maximum atomic E-state index is 12.4. The van der Waals surface area contributed by atoms with Gasteiger partial charge in [-0.3, -0.25) is 9.89 Å². The minimum absolute atomic E-state index is 0.192. The number of ketones is 1. The maximum Gasteiger partial charge on any atom is 0.143 e. The van der Waals surface area contributed by atoms with Crippen molar-refractivity contribution < 1.29 is 4.79 Å². The van der Waals surface area contributed by atoms with E-state index in [1.807, 2.05) is 39.2 Å². The first kappa shape index (κ1) is 15.1. The van der Waals surface area contributed by atoms with Gasteiger partial charge in [0.1, 0.15) is 17.8 Å². The Morgan fingerprint density at radius 3 is 2.92 bits per heavy atom. The van der Waals surface area contributed by atoms with Crippen LogP contribution < -0.4 is 0 Å². The molecule has 1 unspecified atom stereocenters. The van der Waals surface area contributed by atoms with E-state index in [4.69, 9.17) is 0 Å². The predicted octanol–water partition coefficient (Wildman–Crippen LogP) is 3.07. The maximum absolute atomic E-state index is 12.4. The van der Waals surface area contributed by atoms with Gasteiger partial charge in [0.25, 0.3) is 0 Å². The third-order valence-corrected chi connectivity index (χ3v) is 4.76.